The molecule has 1 amide bonds. The molecule has 0 spiro atoms. The number of nitrogens with one attached hydrogen (secondary N) is 2. The topological polar surface area (TPSA) is 116 Å². The Hall–Kier alpha value is -3.13. The summed E-state index contributed by atoms with van der Waals surface area (Å²) in [5, 5.41) is 12.9. The molecule has 0 fully saturated rings. The van der Waals surface area contributed by atoms with Crippen LogP contribution in [0.1, 0.15) is 15.9 Å². The van der Waals surface area contributed by atoms with Gasteiger partial charge in [-0.3, -0.25) is 4.79 Å². The number of benzene rings is 2. The third-order valence-electron chi connectivity index (χ3n) is 4.23. The first-order valence-corrected chi connectivity index (χ1v) is 10.0. The molecule has 3 N–H and O–H groups in total. The smallest absolute Gasteiger partial charge is 0.326 e. The van der Waals surface area contributed by atoms with Gasteiger partial charge in [0.2, 0.25) is 0 Å². The highest BCUT2D eigenvalue weighted by Crippen LogP contribution is 2.19. The highest BCUT2D eigenvalue weighted by atomic mass is 32.2. The van der Waals surface area contributed by atoms with Crippen LogP contribution in [0.2, 0.25) is 0 Å². The number of H-pyrrole nitrogens is 1. The molecule has 2 aromatic carbocycles. The highest BCUT2D eigenvalue weighted by Gasteiger charge is 2.23. The number of fused-ring (bicyclic) bond motifs is 1. The van der Waals surface area contributed by atoms with Crippen LogP contribution < -0.4 is 5.32 Å². The lowest BCUT2D eigenvalue weighted by Crippen LogP contribution is -2.42. The van der Waals surface area contributed by atoms with Crippen LogP contribution in [0.25, 0.3) is 10.9 Å². The summed E-state index contributed by atoms with van der Waals surface area (Å²) >= 11 is 0. The summed E-state index contributed by atoms with van der Waals surface area (Å²) < 4.78 is 23.3. The third-order valence-corrected chi connectivity index (χ3v) is 5.34. The maximum absolute atomic E-state index is 12.5. The zero-order valence-corrected chi connectivity index (χ0v) is 15.3. The largest absolute Gasteiger partial charge is 0.480 e. The quantitative estimate of drug-likeness (QED) is 0.599. The molecular weight excluding hydrogens is 368 g/mol. The first-order valence-electron chi connectivity index (χ1n) is 8.14. The van der Waals surface area contributed by atoms with Crippen molar-refractivity contribution in [2.24, 2.45) is 0 Å². The molecule has 0 saturated carbocycles. The lowest BCUT2D eigenvalue weighted by molar-refractivity contribution is -0.139. The molecule has 0 bridgehead atoms. The molecule has 0 radical (unpaired) electrons. The molecule has 1 aromatic heterocycles. The average Bonchev–Trinajstić information content (AvgIpc) is 3.03. The number of rotatable bonds is 6. The van der Waals surface area contributed by atoms with Gasteiger partial charge < -0.3 is 15.4 Å². The number of para-hydroxylation sites is 1. The van der Waals surface area contributed by atoms with E-state index >= 15 is 0 Å². The lowest BCUT2D eigenvalue weighted by Gasteiger charge is -2.14. The molecule has 1 heterocycles. The molecule has 3 aromatic rings. The molecule has 140 valence electrons. The summed E-state index contributed by atoms with van der Waals surface area (Å²) in [6.45, 7) is 0. The van der Waals surface area contributed by atoms with Crippen molar-refractivity contribution in [3.05, 3.63) is 65.9 Å². The number of aliphatic carboxylic acids is 1. The fraction of sp³-hybridized carbons (Fsp3) is 0.158. The number of amides is 1. The van der Waals surface area contributed by atoms with Gasteiger partial charge in [0.25, 0.3) is 5.91 Å². The number of aromatic nitrogens is 1. The second-order valence-corrected chi connectivity index (χ2v) is 8.24. The number of hydrogen-bond acceptors (Lipinski definition) is 4. The van der Waals surface area contributed by atoms with E-state index in [4.69, 9.17) is 0 Å². The Morgan fingerprint density at radius 1 is 1.15 bits per heavy atom. The van der Waals surface area contributed by atoms with E-state index in [0.717, 1.165) is 22.7 Å². The van der Waals surface area contributed by atoms with Crippen LogP contribution in [0.15, 0.2) is 59.6 Å². The molecule has 1 unspecified atom stereocenters. The molecular formula is C19H18N2O5S. The second-order valence-electron chi connectivity index (χ2n) is 6.23. The number of sulfone groups is 1. The fourth-order valence-corrected chi connectivity index (χ4v) is 3.50. The number of carboxylic acids is 1. The number of aromatic amines is 1. The lowest BCUT2D eigenvalue weighted by atomic mass is 10.0. The number of hydrogen-bond donors (Lipinski definition) is 3. The Morgan fingerprint density at radius 2 is 1.89 bits per heavy atom. The standard InChI is InChI=1S/C19H18N2O5S/c1-27(25,26)14-6-4-5-12(9-14)18(22)21-17(19(23)24)10-13-11-20-16-8-3-2-7-15(13)16/h2-9,11,17,20H,10H2,1H3,(H,21,22)(H,23,24). The number of carbonyl (C=O) groups excluding carboxylic acids is 1. The maximum Gasteiger partial charge on any atom is 0.326 e. The van der Waals surface area contributed by atoms with E-state index in [1.807, 2.05) is 24.3 Å². The van der Waals surface area contributed by atoms with Crippen LogP contribution >= 0.6 is 0 Å². The first kappa shape index (κ1) is 18.7. The van der Waals surface area contributed by atoms with E-state index in [0.29, 0.717) is 0 Å². The summed E-state index contributed by atoms with van der Waals surface area (Å²) in [6, 6.07) is 11.8. The monoisotopic (exact) mass is 386 g/mol. The Labute approximate surface area is 155 Å². The minimum Gasteiger partial charge on any atom is -0.480 e. The molecule has 0 saturated heterocycles. The van der Waals surface area contributed by atoms with Crippen molar-refractivity contribution in [1.82, 2.24) is 10.3 Å². The van der Waals surface area contributed by atoms with Gasteiger partial charge in [-0.15, -0.1) is 0 Å². The van der Waals surface area contributed by atoms with Gasteiger partial charge in [0.05, 0.1) is 4.90 Å². The minimum atomic E-state index is -3.47. The van der Waals surface area contributed by atoms with Crippen LogP contribution in [-0.4, -0.2) is 42.7 Å². The fourth-order valence-electron chi connectivity index (χ4n) is 2.83. The van der Waals surface area contributed by atoms with E-state index < -0.39 is 27.8 Å². The summed E-state index contributed by atoms with van der Waals surface area (Å²) in [5.41, 5.74) is 1.73. The normalized spacial score (nSPS) is 12.6. The van der Waals surface area contributed by atoms with Gasteiger partial charge in [-0.05, 0) is 29.8 Å². The summed E-state index contributed by atoms with van der Waals surface area (Å²) in [6.07, 6.45) is 2.86. The molecule has 7 nitrogen and oxygen atoms in total. The molecule has 3 rings (SSSR count). The Bertz CT molecular complexity index is 1120. The van der Waals surface area contributed by atoms with Crippen LogP contribution in [0.5, 0.6) is 0 Å². The zero-order chi connectivity index (χ0) is 19.6. The van der Waals surface area contributed by atoms with Gasteiger partial charge in [0.15, 0.2) is 9.84 Å². The maximum atomic E-state index is 12.5. The molecule has 0 aliphatic rings. The predicted octanol–water partition coefficient (Wildman–Crippen LogP) is 2.00. The Kier molecular flexibility index (Phi) is 5.00. The second kappa shape index (κ2) is 7.24. The first-order chi connectivity index (χ1) is 12.8. The van der Waals surface area contributed by atoms with Crippen molar-refractivity contribution in [3.63, 3.8) is 0 Å². The van der Waals surface area contributed by atoms with Crippen LogP contribution in [0.4, 0.5) is 0 Å². The summed E-state index contributed by atoms with van der Waals surface area (Å²) in [5.74, 6) is -1.82. The summed E-state index contributed by atoms with van der Waals surface area (Å²) in [7, 11) is -3.47. The van der Waals surface area contributed by atoms with Crippen LogP contribution in [0, 0.1) is 0 Å². The molecule has 27 heavy (non-hydrogen) atoms. The van der Waals surface area contributed by atoms with Gasteiger partial charge in [-0.2, -0.15) is 0 Å². The molecule has 1 atom stereocenters. The van der Waals surface area contributed by atoms with Crippen LogP contribution in [0.3, 0.4) is 0 Å². The number of carboxylic acid groups (broad SMARTS) is 1. The van der Waals surface area contributed by atoms with Gasteiger partial charge >= 0.3 is 5.97 Å². The third kappa shape index (κ3) is 4.17. The van der Waals surface area contributed by atoms with Crippen molar-refractivity contribution >= 4 is 32.6 Å². The SMILES string of the molecule is CS(=O)(=O)c1cccc(C(=O)NC(Cc2c[nH]c3ccccc23)C(=O)O)c1. The van der Waals surface area contributed by atoms with Gasteiger partial charge in [0.1, 0.15) is 6.04 Å². The average molecular weight is 386 g/mol. The highest BCUT2D eigenvalue weighted by molar-refractivity contribution is 7.90. The molecule has 0 aliphatic heterocycles. The van der Waals surface area contributed by atoms with Crippen molar-refractivity contribution in [2.45, 2.75) is 17.4 Å². The van der Waals surface area contributed by atoms with Crippen molar-refractivity contribution in [3.8, 4) is 0 Å². The summed E-state index contributed by atoms with van der Waals surface area (Å²) in [4.78, 5) is 27.2. The van der Waals surface area contributed by atoms with E-state index in [1.54, 1.807) is 6.20 Å². The van der Waals surface area contributed by atoms with E-state index in [-0.39, 0.29) is 16.9 Å². The zero-order valence-electron chi connectivity index (χ0n) is 14.5. The molecule has 8 heteroatoms. The Balaban J connectivity index is 1.82. The van der Waals surface area contributed by atoms with E-state index in [9.17, 15) is 23.1 Å². The predicted molar refractivity (Wildman–Crippen MR) is 100 cm³/mol. The van der Waals surface area contributed by atoms with E-state index in [1.165, 1.54) is 24.3 Å². The number of carbonyl (C=O) groups is 2. The van der Waals surface area contributed by atoms with Crippen LogP contribution in [-0.2, 0) is 21.1 Å². The van der Waals surface area contributed by atoms with Crippen molar-refractivity contribution in [1.29, 1.82) is 0 Å². The van der Waals surface area contributed by atoms with Gasteiger partial charge in [0, 0.05) is 35.3 Å². The van der Waals surface area contributed by atoms with Gasteiger partial charge in [-0.1, -0.05) is 24.3 Å². The van der Waals surface area contributed by atoms with Gasteiger partial charge in [-0.25, -0.2) is 13.2 Å². The van der Waals surface area contributed by atoms with Crippen molar-refractivity contribution < 1.29 is 23.1 Å². The van der Waals surface area contributed by atoms with E-state index in [2.05, 4.69) is 10.3 Å². The van der Waals surface area contributed by atoms with Crippen molar-refractivity contribution in [2.75, 3.05) is 6.26 Å². The minimum absolute atomic E-state index is 0.00125. The Morgan fingerprint density at radius 3 is 2.59 bits per heavy atom. The molecule has 0 aliphatic carbocycles.